The summed E-state index contributed by atoms with van der Waals surface area (Å²) in [5.74, 6) is -6.30. The van der Waals surface area contributed by atoms with Gasteiger partial charge in [0, 0.05) is 25.2 Å². The maximum atomic E-state index is 13.6. The van der Waals surface area contributed by atoms with Crippen molar-refractivity contribution < 1.29 is 35.9 Å². The molecule has 0 atom stereocenters. The second kappa shape index (κ2) is 9.86. The molecular weight excluding hydrogens is 478 g/mol. The molecule has 2 aromatic rings. The van der Waals surface area contributed by atoms with Gasteiger partial charge in [0.25, 0.3) is 0 Å². The van der Waals surface area contributed by atoms with Crippen molar-refractivity contribution in [1.29, 1.82) is 0 Å². The average Bonchev–Trinajstić information content (AvgIpc) is 2.77. The van der Waals surface area contributed by atoms with Crippen molar-refractivity contribution in [2.24, 2.45) is 5.92 Å². The Morgan fingerprint density at radius 2 is 1.79 bits per heavy atom. The van der Waals surface area contributed by atoms with Crippen molar-refractivity contribution in [3.05, 3.63) is 52.4 Å². The fourth-order valence-corrected chi connectivity index (χ4v) is 3.59. The molecule has 0 radical (unpaired) electrons. The van der Waals surface area contributed by atoms with Gasteiger partial charge in [-0.1, -0.05) is 11.6 Å². The number of piperidine rings is 1. The average molecular weight is 495 g/mol. The molecule has 1 aliphatic rings. The van der Waals surface area contributed by atoms with E-state index < -0.39 is 59.2 Å². The Balaban J connectivity index is 1.50. The summed E-state index contributed by atoms with van der Waals surface area (Å²) in [7, 11) is 0. The van der Waals surface area contributed by atoms with E-state index >= 15 is 0 Å². The summed E-state index contributed by atoms with van der Waals surface area (Å²) in [4.78, 5) is 29.7. The summed E-state index contributed by atoms with van der Waals surface area (Å²) in [5, 5.41) is 4.26. The number of benzene rings is 1. The highest BCUT2D eigenvalue weighted by Crippen LogP contribution is 2.34. The van der Waals surface area contributed by atoms with Gasteiger partial charge in [0.15, 0.2) is 17.5 Å². The monoisotopic (exact) mass is 494 g/mol. The minimum atomic E-state index is -4.57. The highest BCUT2D eigenvalue weighted by atomic mass is 35.5. The van der Waals surface area contributed by atoms with Crippen molar-refractivity contribution in [1.82, 2.24) is 10.3 Å². The predicted molar refractivity (Wildman–Crippen MR) is 107 cm³/mol. The summed E-state index contributed by atoms with van der Waals surface area (Å²) >= 11 is 5.95. The van der Waals surface area contributed by atoms with Crippen molar-refractivity contribution >= 4 is 34.9 Å². The Morgan fingerprint density at radius 3 is 2.39 bits per heavy atom. The number of alkyl halides is 3. The summed E-state index contributed by atoms with van der Waals surface area (Å²) in [5.41, 5.74) is -1.53. The molecular formula is C20H17ClF6N4O2. The normalized spacial score (nSPS) is 14.8. The molecule has 2 heterocycles. The van der Waals surface area contributed by atoms with Gasteiger partial charge in [-0.05, 0) is 31.0 Å². The van der Waals surface area contributed by atoms with Crippen LogP contribution in [-0.2, 0) is 15.8 Å². The van der Waals surface area contributed by atoms with Crippen LogP contribution in [0.4, 0.5) is 37.8 Å². The molecule has 3 rings (SSSR count). The zero-order valence-corrected chi connectivity index (χ0v) is 17.5. The standard InChI is InChI=1S/C20H17ClF6N4O2/c21-12-7-11(20(25,26)27)8-28-18(12)31-5-3-10(4-6-31)19(33)29-9-15(32)30-14-2-1-13(22)16(23)17(14)24/h1-2,7-8,10H,3-6,9H2,(H,29,33)(H,30,32). The zero-order chi connectivity index (χ0) is 24.3. The maximum Gasteiger partial charge on any atom is 0.417 e. The van der Waals surface area contributed by atoms with E-state index in [1.165, 1.54) is 0 Å². The second-order valence-corrected chi connectivity index (χ2v) is 7.68. The van der Waals surface area contributed by atoms with Crippen LogP contribution in [0.25, 0.3) is 0 Å². The molecule has 2 N–H and O–H groups in total. The minimum Gasteiger partial charge on any atom is -0.355 e. The fourth-order valence-electron chi connectivity index (χ4n) is 3.30. The lowest BCUT2D eigenvalue weighted by molar-refractivity contribution is -0.137. The molecule has 33 heavy (non-hydrogen) atoms. The number of anilines is 2. The number of carbonyl (C=O) groups is 2. The van der Waals surface area contributed by atoms with Gasteiger partial charge in [0.2, 0.25) is 11.8 Å². The molecule has 1 aromatic heterocycles. The number of halogens is 7. The lowest BCUT2D eigenvalue weighted by Gasteiger charge is -2.32. The fraction of sp³-hybridized carbons (Fsp3) is 0.350. The SMILES string of the molecule is O=C(CNC(=O)C1CCN(c2ncc(C(F)(F)F)cc2Cl)CC1)Nc1ccc(F)c(F)c1F. The van der Waals surface area contributed by atoms with Gasteiger partial charge in [-0.3, -0.25) is 9.59 Å². The van der Waals surface area contributed by atoms with Gasteiger partial charge in [-0.25, -0.2) is 18.2 Å². The third-order valence-corrected chi connectivity index (χ3v) is 5.32. The molecule has 0 unspecified atom stereocenters. The third-order valence-electron chi connectivity index (χ3n) is 5.05. The molecule has 0 saturated carbocycles. The number of rotatable bonds is 5. The van der Waals surface area contributed by atoms with Crippen molar-refractivity contribution in [2.45, 2.75) is 19.0 Å². The maximum absolute atomic E-state index is 13.6. The summed E-state index contributed by atoms with van der Waals surface area (Å²) in [6, 6.07) is 2.29. The van der Waals surface area contributed by atoms with Crippen LogP contribution in [0.2, 0.25) is 5.02 Å². The Labute approximate surface area is 188 Å². The number of hydrogen-bond donors (Lipinski definition) is 2. The molecule has 1 saturated heterocycles. The summed E-state index contributed by atoms with van der Waals surface area (Å²) in [6.07, 6.45) is -3.23. The van der Waals surface area contributed by atoms with Gasteiger partial charge < -0.3 is 15.5 Å². The van der Waals surface area contributed by atoms with E-state index in [0.29, 0.717) is 38.2 Å². The largest absolute Gasteiger partial charge is 0.417 e. The first kappa shape index (κ1) is 24.6. The van der Waals surface area contributed by atoms with Crippen molar-refractivity contribution in [2.75, 3.05) is 29.9 Å². The molecule has 6 nitrogen and oxygen atoms in total. The lowest BCUT2D eigenvalue weighted by Crippen LogP contribution is -2.43. The van der Waals surface area contributed by atoms with Crippen LogP contribution in [0.5, 0.6) is 0 Å². The minimum absolute atomic E-state index is 0.158. The molecule has 1 aromatic carbocycles. The number of pyridine rings is 1. The number of nitrogens with zero attached hydrogens (tertiary/aromatic N) is 2. The Kier molecular flexibility index (Phi) is 7.35. The first-order valence-electron chi connectivity index (χ1n) is 9.66. The van der Waals surface area contributed by atoms with Gasteiger partial charge in [-0.15, -0.1) is 0 Å². The Morgan fingerprint density at radius 1 is 1.12 bits per heavy atom. The third kappa shape index (κ3) is 5.86. The predicted octanol–water partition coefficient (Wildman–Crippen LogP) is 4.14. The van der Waals surface area contributed by atoms with Gasteiger partial charge in [-0.2, -0.15) is 13.2 Å². The summed E-state index contributed by atoms with van der Waals surface area (Å²) in [6.45, 7) is 0.0641. The molecule has 1 fully saturated rings. The highest BCUT2D eigenvalue weighted by molar-refractivity contribution is 6.33. The van der Waals surface area contributed by atoms with Gasteiger partial charge in [0.05, 0.1) is 22.8 Å². The molecule has 2 amide bonds. The van der Waals surface area contributed by atoms with E-state index in [0.717, 1.165) is 12.1 Å². The van der Waals surface area contributed by atoms with Crippen LogP contribution in [-0.4, -0.2) is 36.4 Å². The smallest absolute Gasteiger partial charge is 0.355 e. The quantitative estimate of drug-likeness (QED) is 0.484. The Bertz CT molecular complexity index is 1060. The lowest BCUT2D eigenvalue weighted by atomic mass is 9.96. The molecule has 0 spiro atoms. The van der Waals surface area contributed by atoms with E-state index in [2.05, 4.69) is 10.3 Å². The van der Waals surface area contributed by atoms with E-state index in [1.54, 1.807) is 4.90 Å². The van der Waals surface area contributed by atoms with Crippen molar-refractivity contribution in [3.63, 3.8) is 0 Å². The Hall–Kier alpha value is -3.02. The van der Waals surface area contributed by atoms with E-state index in [9.17, 15) is 35.9 Å². The second-order valence-electron chi connectivity index (χ2n) is 7.28. The molecule has 1 aliphatic heterocycles. The zero-order valence-electron chi connectivity index (χ0n) is 16.8. The molecule has 0 aliphatic carbocycles. The van der Waals surface area contributed by atoms with Crippen LogP contribution in [0.3, 0.4) is 0 Å². The van der Waals surface area contributed by atoms with E-state index in [4.69, 9.17) is 11.6 Å². The van der Waals surface area contributed by atoms with Crippen LogP contribution in [0.15, 0.2) is 24.4 Å². The first-order valence-corrected chi connectivity index (χ1v) is 10.0. The van der Waals surface area contributed by atoms with Crippen LogP contribution < -0.4 is 15.5 Å². The molecule has 178 valence electrons. The number of hydrogen-bond acceptors (Lipinski definition) is 4. The van der Waals surface area contributed by atoms with E-state index in [1.807, 2.05) is 5.32 Å². The first-order chi connectivity index (χ1) is 15.5. The topological polar surface area (TPSA) is 74.3 Å². The van der Waals surface area contributed by atoms with Gasteiger partial charge in [0.1, 0.15) is 5.82 Å². The number of nitrogens with one attached hydrogen (secondary N) is 2. The number of amides is 2. The van der Waals surface area contributed by atoms with Crippen molar-refractivity contribution in [3.8, 4) is 0 Å². The number of aromatic nitrogens is 1. The van der Waals surface area contributed by atoms with E-state index in [-0.39, 0.29) is 10.8 Å². The highest BCUT2D eigenvalue weighted by Gasteiger charge is 2.33. The van der Waals surface area contributed by atoms with Crippen LogP contribution in [0.1, 0.15) is 18.4 Å². The number of carbonyl (C=O) groups excluding carboxylic acids is 2. The summed E-state index contributed by atoms with van der Waals surface area (Å²) < 4.78 is 78.0. The molecule has 13 heteroatoms. The van der Waals surface area contributed by atoms with Crippen LogP contribution >= 0.6 is 11.6 Å². The molecule has 0 bridgehead atoms. The van der Waals surface area contributed by atoms with Crippen LogP contribution in [0, 0.1) is 23.4 Å². The van der Waals surface area contributed by atoms with Gasteiger partial charge >= 0.3 is 6.18 Å².